The normalized spacial score (nSPS) is 11.3. The maximum Gasteiger partial charge on any atom is 0.251 e. The van der Waals surface area contributed by atoms with Gasteiger partial charge in [-0.1, -0.05) is 17.7 Å². The Kier molecular flexibility index (Phi) is 8.42. The van der Waals surface area contributed by atoms with Gasteiger partial charge in [-0.2, -0.15) is 0 Å². The van der Waals surface area contributed by atoms with E-state index in [4.69, 9.17) is 5.73 Å². The molecule has 9 heteroatoms. The molecule has 0 aliphatic heterocycles. The predicted octanol–water partition coefficient (Wildman–Crippen LogP) is 1.91. The summed E-state index contributed by atoms with van der Waals surface area (Å²) in [5, 5.41) is 7.46. The van der Waals surface area contributed by atoms with Crippen LogP contribution in [0.3, 0.4) is 0 Å². The number of hydrogen-bond donors (Lipinski definition) is 4. The van der Waals surface area contributed by atoms with Crippen molar-refractivity contribution >= 4 is 46.8 Å². The zero-order chi connectivity index (χ0) is 22.1. The Balaban J connectivity index is 1.79. The van der Waals surface area contributed by atoms with Gasteiger partial charge in [0.15, 0.2) is 0 Å². The van der Waals surface area contributed by atoms with E-state index in [0.717, 1.165) is 5.56 Å². The minimum absolute atomic E-state index is 0.140. The Hall–Kier alpha value is -3.33. The standard InChI is InChI=1S/C21H24N4O4S/c1-13-3-7-16(8-4-13)24-19(27)12-30-14(2)20(28)25-17-9-5-15(6-10-17)21(29)23-11-18(22)26/h3-10,14H,11-12H2,1-2H3,(H2,22,26)(H,23,29)(H,24,27)(H,25,28). The van der Waals surface area contributed by atoms with E-state index in [9.17, 15) is 19.2 Å². The lowest BCUT2D eigenvalue weighted by Crippen LogP contribution is -2.33. The van der Waals surface area contributed by atoms with Gasteiger partial charge in [0.2, 0.25) is 17.7 Å². The molecule has 0 fully saturated rings. The van der Waals surface area contributed by atoms with Crippen molar-refractivity contribution in [3.63, 3.8) is 0 Å². The van der Waals surface area contributed by atoms with Gasteiger partial charge in [0.25, 0.3) is 5.91 Å². The van der Waals surface area contributed by atoms with Gasteiger partial charge in [-0.25, -0.2) is 0 Å². The smallest absolute Gasteiger partial charge is 0.251 e. The summed E-state index contributed by atoms with van der Waals surface area (Å²) >= 11 is 1.22. The molecule has 2 aromatic carbocycles. The average Bonchev–Trinajstić information content (AvgIpc) is 2.72. The van der Waals surface area contributed by atoms with Gasteiger partial charge >= 0.3 is 0 Å². The van der Waals surface area contributed by atoms with E-state index in [-0.39, 0.29) is 24.1 Å². The summed E-state index contributed by atoms with van der Waals surface area (Å²) in [5.41, 5.74) is 7.65. The monoisotopic (exact) mass is 428 g/mol. The highest BCUT2D eigenvalue weighted by Gasteiger charge is 2.16. The minimum atomic E-state index is -0.633. The Morgan fingerprint density at radius 1 is 0.933 bits per heavy atom. The number of aryl methyl sites for hydroxylation is 1. The van der Waals surface area contributed by atoms with E-state index in [1.807, 2.05) is 31.2 Å². The highest BCUT2D eigenvalue weighted by Crippen LogP contribution is 2.16. The van der Waals surface area contributed by atoms with Gasteiger partial charge in [-0.3, -0.25) is 19.2 Å². The summed E-state index contributed by atoms with van der Waals surface area (Å²) in [6.45, 7) is 3.43. The van der Waals surface area contributed by atoms with Crippen molar-refractivity contribution in [1.29, 1.82) is 0 Å². The molecule has 1 atom stereocenters. The first-order valence-electron chi connectivity index (χ1n) is 9.20. The van der Waals surface area contributed by atoms with Crippen molar-refractivity contribution in [2.75, 3.05) is 22.9 Å². The summed E-state index contributed by atoms with van der Waals surface area (Å²) in [6, 6.07) is 13.7. The quantitative estimate of drug-likeness (QED) is 0.485. The number of amides is 4. The Bertz CT molecular complexity index is 914. The molecule has 0 radical (unpaired) electrons. The summed E-state index contributed by atoms with van der Waals surface area (Å²) in [4.78, 5) is 46.9. The summed E-state index contributed by atoms with van der Waals surface area (Å²) in [7, 11) is 0. The lowest BCUT2D eigenvalue weighted by molar-refractivity contribution is -0.117. The number of benzene rings is 2. The van der Waals surface area contributed by atoms with Gasteiger partial charge in [0.1, 0.15) is 0 Å². The molecule has 0 spiro atoms. The molecule has 30 heavy (non-hydrogen) atoms. The number of nitrogens with two attached hydrogens (primary N) is 1. The fourth-order valence-corrected chi connectivity index (χ4v) is 3.01. The minimum Gasteiger partial charge on any atom is -0.368 e. The SMILES string of the molecule is Cc1ccc(NC(=O)CSC(C)C(=O)Nc2ccc(C(=O)NCC(N)=O)cc2)cc1. The summed E-state index contributed by atoms with van der Waals surface area (Å²) in [6.07, 6.45) is 0. The van der Waals surface area contributed by atoms with Crippen LogP contribution >= 0.6 is 11.8 Å². The van der Waals surface area contributed by atoms with E-state index >= 15 is 0 Å². The molecule has 0 saturated carbocycles. The van der Waals surface area contributed by atoms with Crippen LogP contribution in [0.5, 0.6) is 0 Å². The van der Waals surface area contributed by atoms with Gasteiger partial charge in [0.05, 0.1) is 17.5 Å². The lowest BCUT2D eigenvalue weighted by atomic mass is 10.2. The second-order valence-corrected chi connectivity index (χ2v) is 7.91. The molecular weight excluding hydrogens is 404 g/mol. The van der Waals surface area contributed by atoms with E-state index in [1.165, 1.54) is 23.9 Å². The molecule has 0 aliphatic carbocycles. The molecule has 2 rings (SSSR count). The highest BCUT2D eigenvalue weighted by atomic mass is 32.2. The first kappa shape index (κ1) is 23.0. The second kappa shape index (κ2) is 11.0. The van der Waals surface area contributed by atoms with E-state index in [1.54, 1.807) is 19.1 Å². The van der Waals surface area contributed by atoms with Gasteiger partial charge in [-0.05, 0) is 50.2 Å². The first-order valence-corrected chi connectivity index (χ1v) is 10.2. The van der Waals surface area contributed by atoms with E-state index in [0.29, 0.717) is 16.9 Å². The van der Waals surface area contributed by atoms with Crippen LogP contribution in [0, 0.1) is 6.92 Å². The molecule has 0 heterocycles. The fraction of sp³-hybridized carbons (Fsp3) is 0.238. The largest absolute Gasteiger partial charge is 0.368 e. The van der Waals surface area contributed by atoms with Crippen LogP contribution in [0.2, 0.25) is 0 Å². The van der Waals surface area contributed by atoms with Crippen LogP contribution in [-0.4, -0.2) is 41.2 Å². The molecule has 1 unspecified atom stereocenters. The van der Waals surface area contributed by atoms with E-state index in [2.05, 4.69) is 16.0 Å². The van der Waals surface area contributed by atoms with Crippen molar-refractivity contribution in [2.45, 2.75) is 19.1 Å². The third kappa shape index (κ3) is 7.59. The van der Waals surface area contributed by atoms with Crippen LogP contribution in [0.4, 0.5) is 11.4 Å². The van der Waals surface area contributed by atoms with Crippen molar-refractivity contribution in [3.05, 3.63) is 59.7 Å². The van der Waals surface area contributed by atoms with Gasteiger partial charge in [-0.15, -0.1) is 11.8 Å². The number of nitrogens with one attached hydrogen (secondary N) is 3. The number of primary amides is 1. The maximum atomic E-state index is 12.3. The Labute approximate surface area is 179 Å². The van der Waals surface area contributed by atoms with E-state index < -0.39 is 17.1 Å². The Morgan fingerprint density at radius 3 is 2.10 bits per heavy atom. The molecule has 4 amide bonds. The van der Waals surface area contributed by atoms with Crippen LogP contribution < -0.4 is 21.7 Å². The van der Waals surface area contributed by atoms with Crippen LogP contribution in [0.15, 0.2) is 48.5 Å². The number of carbonyl (C=O) groups excluding carboxylic acids is 4. The second-order valence-electron chi connectivity index (χ2n) is 6.58. The van der Waals surface area contributed by atoms with Gasteiger partial charge in [0, 0.05) is 16.9 Å². The molecule has 0 aromatic heterocycles. The number of anilines is 2. The van der Waals surface area contributed by atoms with Crippen LogP contribution in [0.25, 0.3) is 0 Å². The summed E-state index contributed by atoms with van der Waals surface area (Å²) in [5.74, 6) is -1.37. The molecule has 2 aromatic rings. The fourth-order valence-electron chi connectivity index (χ4n) is 2.33. The third-order valence-electron chi connectivity index (χ3n) is 4.01. The molecule has 5 N–H and O–H groups in total. The predicted molar refractivity (Wildman–Crippen MR) is 118 cm³/mol. The molecule has 158 valence electrons. The molecule has 0 saturated heterocycles. The Morgan fingerprint density at radius 2 is 1.50 bits per heavy atom. The van der Waals surface area contributed by atoms with Gasteiger partial charge < -0.3 is 21.7 Å². The zero-order valence-corrected chi connectivity index (χ0v) is 17.5. The first-order chi connectivity index (χ1) is 14.2. The molecular formula is C21H24N4O4S. The van der Waals surface area contributed by atoms with Crippen molar-refractivity contribution < 1.29 is 19.2 Å². The lowest BCUT2D eigenvalue weighted by Gasteiger charge is -2.12. The summed E-state index contributed by atoms with van der Waals surface area (Å²) < 4.78 is 0. The number of rotatable bonds is 9. The number of thioether (sulfide) groups is 1. The maximum absolute atomic E-state index is 12.3. The molecule has 0 aliphatic rings. The number of carbonyl (C=O) groups is 4. The zero-order valence-electron chi connectivity index (χ0n) is 16.7. The van der Waals surface area contributed by atoms with Crippen LogP contribution in [-0.2, 0) is 14.4 Å². The van der Waals surface area contributed by atoms with Crippen molar-refractivity contribution in [1.82, 2.24) is 5.32 Å². The van der Waals surface area contributed by atoms with Crippen molar-refractivity contribution in [3.8, 4) is 0 Å². The molecule has 0 bridgehead atoms. The van der Waals surface area contributed by atoms with Crippen LogP contribution in [0.1, 0.15) is 22.8 Å². The third-order valence-corrected chi connectivity index (χ3v) is 5.15. The highest BCUT2D eigenvalue weighted by molar-refractivity contribution is 8.01. The van der Waals surface area contributed by atoms with Crippen molar-refractivity contribution in [2.24, 2.45) is 5.73 Å². The average molecular weight is 429 g/mol. The topological polar surface area (TPSA) is 130 Å². The molecule has 8 nitrogen and oxygen atoms in total. The number of hydrogen-bond acceptors (Lipinski definition) is 5.